The van der Waals surface area contributed by atoms with Gasteiger partial charge in [-0.05, 0) is 36.7 Å². The molecule has 2 rings (SSSR count). The Kier molecular flexibility index (Phi) is 3.68. The monoisotopic (exact) mass is 298 g/mol. The molecule has 0 saturated carbocycles. The Labute approximate surface area is 111 Å². The molecule has 1 aliphatic rings. The summed E-state index contributed by atoms with van der Waals surface area (Å²) in [4.78, 5) is 13.2. The molecule has 94 valence electrons. The molecule has 0 aliphatic carbocycles. The number of rotatable bonds is 1. The zero-order valence-corrected chi connectivity index (χ0v) is 12.2. The fraction of sp³-hybridized carbons (Fsp3) is 0.667. The second-order valence-electron chi connectivity index (χ2n) is 5.34. The summed E-state index contributed by atoms with van der Waals surface area (Å²) < 4.78 is 0.976. The summed E-state index contributed by atoms with van der Waals surface area (Å²) in [6, 6.07) is 0. The number of piperazine rings is 1. The van der Waals surface area contributed by atoms with Crippen LogP contribution in [0.15, 0.2) is 17.0 Å². The minimum atomic E-state index is 0.259. The van der Waals surface area contributed by atoms with Crippen molar-refractivity contribution in [2.75, 3.05) is 31.1 Å². The smallest absolute Gasteiger partial charge is 0.146 e. The highest BCUT2D eigenvalue weighted by atomic mass is 79.9. The lowest BCUT2D eigenvalue weighted by Crippen LogP contribution is -2.53. The molecule has 0 N–H and O–H groups in total. The van der Waals surface area contributed by atoms with E-state index in [1.54, 1.807) is 12.5 Å². The minimum Gasteiger partial charge on any atom is -0.353 e. The topological polar surface area (TPSA) is 32.3 Å². The Morgan fingerprint density at radius 2 is 1.82 bits per heavy atom. The molecule has 0 atom stereocenters. The van der Waals surface area contributed by atoms with Crippen molar-refractivity contribution in [3.05, 3.63) is 17.0 Å². The van der Waals surface area contributed by atoms with Crippen LogP contribution in [0.5, 0.6) is 0 Å². The predicted molar refractivity (Wildman–Crippen MR) is 73.3 cm³/mol. The summed E-state index contributed by atoms with van der Waals surface area (Å²) in [5, 5.41) is 0. The van der Waals surface area contributed by atoms with Gasteiger partial charge >= 0.3 is 0 Å². The minimum absolute atomic E-state index is 0.259. The van der Waals surface area contributed by atoms with Crippen molar-refractivity contribution < 1.29 is 0 Å². The van der Waals surface area contributed by atoms with E-state index in [9.17, 15) is 0 Å². The summed E-state index contributed by atoms with van der Waals surface area (Å²) in [7, 11) is 0. The Hall–Kier alpha value is -0.680. The van der Waals surface area contributed by atoms with Gasteiger partial charge in [-0.3, -0.25) is 4.90 Å². The highest BCUT2D eigenvalue weighted by Gasteiger charge is 2.26. The van der Waals surface area contributed by atoms with Crippen LogP contribution in [0, 0.1) is 0 Å². The Balaban J connectivity index is 2.03. The third kappa shape index (κ3) is 2.96. The molecular formula is C12H19BrN4. The number of hydrogen-bond acceptors (Lipinski definition) is 4. The van der Waals surface area contributed by atoms with Crippen LogP contribution in [0.1, 0.15) is 20.8 Å². The van der Waals surface area contributed by atoms with E-state index in [0.29, 0.717) is 0 Å². The number of aromatic nitrogens is 2. The normalized spacial score (nSPS) is 18.5. The average molecular weight is 299 g/mol. The van der Waals surface area contributed by atoms with Gasteiger partial charge in [-0.25, -0.2) is 9.97 Å². The van der Waals surface area contributed by atoms with Crippen molar-refractivity contribution in [2.45, 2.75) is 26.3 Å². The fourth-order valence-corrected chi connectivity index (χ4v) is 2.60. The SMILES string of the molecule is CC(C)(C)N1CCN(c2ncncc2Br)CC1. The Bertz CT molecular complexity index is 380. The predicted octanol–water partition coefficient (Wildman–Crippen LogP) is 2.16. The van der Waals surface area contributed by atoms with E-state index in [1.165, 1.54) is 0 Å². The summed E-state index contributed by atoms with van der Waals surface area (Å²) in [5.74, 6) is 1.01. The van der Waals surface area contributed by atoms with Gasteiger partial charge in [-0.15, -0.1) is 0 Å². The van der Waals surface area contributed by atoms with E-state index in [4.69, 9.17) is 0 Å². The van der Waals surface area contributed by atoms with Gasteiger partial charge in [0.1, 0.15) is 12.1 Å². The summed E-state index contributed by atoms with van der Waals surface area (Å²) >= 11 is 3.51. The number of halogens is 1. The van der Waals surface area contributed by atoms with Crippen LogP contribution in [0.3, 0.4) is 0 Å². The molecule has 17 heavy (non-hydrogen) atoms. The van der Waals surface area contributed by atoms with E-state index in [-0.39, 0.29) is 5.54 Å². The maximum Gasteiger partial charge on any atom is 0.146 e. The van der Waals surface area contributed by atoms with Crippen LogP contribution in [0.4, 0.5) is 5.82 Å². The molecule has 1 aliphatic heterocycles. The molecule has 4 nitrogen and oxygen atoms in total. The van der Waals surface area contributed by atoms with Gasteiger partial charge in [-0.2, -0.15) is 0 Å². The third-order valence-corrected chi connectivity index (χ3v) is 3.74. The fourth-order valence-electron chi connectivity index (χ4n) is 2.13. The highest BCUT2D eigenvalue weighted by molar-refractivity contribution is 9.10. The van der Waals surface area contributed by atoms with Crippen molar-refractivity contribution in [1.82, 2.24) is 14.9 Å². The van der Waals surface area contributed by atoms with E-state index < -0.39 is 0 Å². The standard InChI is InChI=1S/C12H19BrN4/c1-12(2,3)17-6-4-16(5-7-17)11-10(13)8-14-9-15-11/h8-9H,4-7H2,1-3H3. The zero-order valence-electron chi connectivity index (χ0n) is 10.6. The van der Waals surface area contributed by atoms with Crippen molar-refractivity contribution in [2.24, 2.45) is 0 Å². The van der Waals surface area contributed by atoms with Crippen LogP contribution in [0.2, 0.25) is 0 Å². The average Bonchev–Trinajstić information content (AvgIpc) is 2.29. The number of nitrogens with zero attached hydrogens (tertiary/aromatic N) is 4. The lowest BCUT2D eigenvalue weighted by Gasteiger charge is -2.42. The molecule has 5 heteroatoms. The summed E-state index contributed by atoms with van der Waals surface area (Å²) in [5.41, 5.74) is 0.259. The summed E-state index contributed by atoms with van der Waals surface area (Å²) in [6.45, 7) is 11.0. The molecule has 0 radical (unpaired) electrons. The Morgan fingerprint density at radius 3 is 2.35 bits per heavy atom. The molecule has 1 saturated heterocycles. The lowest BCUT2D eigenvalue weighted by atomic mass is 10.1. The molecule has 0 amide bonds. The summed E-state index contributed by atoms with van der Waals surface area (Å²) in [6.07, 6.45) is 3.41. The molecule has 0 bridgehead atoms. The van der Waals surface area contributed by atoms with E-state index >= 15 is 0 Å². The van der Waals surface area contributed by atoms with E-state index in [2.05, 4.69) is 56.5 Å². The van der Waals surface area contributed by atoms with E-state index in [1.807, 2.05) is 0 Å². The van der Waals surface area contributed by atoms with Crippen LogP contribution in [0.25, 0.3) is 0 Å². The quantitative estimate of drug-likeness (QED) is 0.795. The maximum absolute atomic E-state index is 4.34. The highest BCUT2D eigenvalue weighted by Crippen LogP contribution is 2.24. The number of anilines is 1. The first-order valence-corrected chi connectivity index (χ1v) is 6.73. The molecule has 1 fully saturated rings. The molecular weight excluding hydrogens is 280 g/mol. The van der Waals surface area contributed by atoms with Crippen LogP contribution < -0.4 is 4.90 Å². The van der Waals surface area contributed by atoms with Gasteiger partial charge in [0.05, 0.1) is 4.47 Å². The first-order valence-electron chi connectivity index (χ1n) is 5.94. The molecule has 0 spiro atoms. The van der Waals surface area contributed by atoms with Crippen LogP contribution in [-0.2, 0) is 0 Å². The zero-order chi connectivity index (χ0) is 12.5. The van der Waals surface area contributed by atoms with Gasteiger partial charge in [0.25, 0.3) is 0 Å². The molecule has 1 aromatic rings. The van der Waals surface area contributed by atoms with Crippen molar-refractivity contribution in [3.63, 3.8) is 0 Å². The van der Waals surface area contributed by atoms with Crippen molar-refractivity contribution >= 4 is 21.7 Å². The van der Waals surface area contributed by atoms with E-state index in [0.717, 1.165) is 36.5 Å². The first-order chi connectivity index (χ1) is 7.98. The Morgan fingerprint density at radius 1 is 1.18 bits per heavy atom. The van der Waals surface area contributed by atoms with Gasteiger partial charge < -0.3 is 4.90 Å². The van der Waals surface area contributed by atoms with Crippen LogP contribution >= 0.6 is 15.9 Å². The second-order valence-corrected chi connectivity index (χ2v) is 6.19. The first kappa shape index (κ1) is 12.8. The lowest BCUT2D eigenvalue weighted by molar-refractivity contribution is 0.128. The van der Waals surface area contributed by atoms with Gasteiger partial charge in [0.15, 0.2) is 0 Å². The van der Waals surface area contributed by atoms with Gasteiger partial charge in [0, 0.05) is 37.9 Å². The number of hydrogen-bond donors (Lipinski definition) is 0. The molecule has 0 unspecified atom stereocenters. The van der Waals surface area contributed by atoms with Gasteiger partial charge in [0.2, 0.25) is 0 Å². The third-order valence-electron chi connectivity index (χ3n) is 3.18. The molecule has 0 aromatic carbocycles. The van der Waals surface area contributed by atoms with Crippen LogP contribution in [-0.4, -0.2) is 46.6 Å². The van der Waals surface area contributed by atoms with Gasteiger partial charge in [-0.1, -0.05) is 0 Å². The largest absolute Gasteiger partial charge is 0.353 e. The molecule has 2 heterocycles. The second kappa shape index (κ2) is 4.90. The van der Waals surface area contributed by atoms with Crippen molar-refractivity contribution in [3.8, 4) is 0 Å². The molecule has 1 aromatic heterocycles. The maximum atomic E-state index is 4.34. The van der Waals surface area contributed by atoms with Crippen molar-refractivity contribution in [1.29, 1.82) is 0 Å².